The average molecular weight is 241 g/mol. The molecule has 0 aliphatic carbocycles. The van der Waals surface area contributed by atoms with Crippen LogP contribution in [0.1, 0.15) is 30.7 Å². The van der Waals surface area contributed by atoms with Crippen molar-refractivity contribution in [2.24, 2.45) is 0 Å². The van der Waals surface area contributed by atoms with Crippen LogP contribution < -0.4 is 4.90 Å². The van der Waals surface area contributed by atoms with E-state index >= 15 is 0 Å². The highest BCUT2D eigenvalue weighted by Crippen LogP contribution is 2.24. The fourth-order valence-electron chi connectivity index (χ4n) is 1.77. The number of hydrogen-bond donors (Lipinski definition) is 1. The van der Waals surface area contributed by atoms with Gasteiger partial charge in [0.25, 0.3) is 0 Å². The third kappa shape index (κ3) is 2.91. The van der Waals surface area contributed by atoms with Gasteiger partial charge in [0.05, 0.1) is 0 Å². The molecule has 0 amide bonds. The Morgan fingerprint density at radius 3 is 2.81 bits per heavy atom. The average Bonchev–Trinajstić information content (AvgIpc) is 2.85. The highest BCUT2D eigenvalue weighted by Gasteiger charge is 2.16. The second-order valence-electron chi connectivity index (χ2n) is 3.92. The van der Waals surface area contributed by atoms with Gasteiger partial charge in [-0.1, -0.05) is 11.3 Å². The maximum absolute atomic E-state index is 10.4. The second kappa shape index (κ2) is 5.25. The molecule has 1 saturated heterocycles. The lowest BCUT2D eigenvalue weighted by atomic mass is 10.2. The summed E-state index contributed by atoms with van der Waals surface area (Å²) >= 11 is 1.59. The van der Waals surface area contributed by atoms with Crippen molar-refractivity contribution in [2.75, 3.05) is 18.0 Å². The quantitative estimate of drug-likeness (QED) is 0.847. The van der Waals surface area contributed by atoms with Gasteiger partial charge in [-0.3, -0.25) is 4.79 Å². The Morgan fingerprint density at radius 2 is 2.12 bits per heavy atom. The zero-order chi connectivity index (χ0) is 11.4. The molecule has 0 radical (unpaired) electrons. The summed E-state index contributed by atoms with van der Waals surface area (Å²) in [5, 5.41) is 18.7. The van der Waals surface area contributed by atoms with Gasteiger partial charge in [0.15, 0.2) is 0 Å². The van der Waals surface area contributed by atoms with Gasteiger partial charge in [0, 0.05) is 25.9 Å². The van der Waals surface area contributed by atoms with Gasteiger partial charge < -0.3 is 10.0 Å². The monoisotopic (exact) mass is 241 g/mol. The molecule has 1 aliphatic rings. The molecule has 0 saturated carbocycles. The summed E-state index contributed by atoms with van der Waals surface area (Å²) < 4.78 is 0. The summed E-state index contributed by atoms with van der Waals surface area (Å²) in [4.78, 5) is 12.6. The van der Waals surface area contributed by atoms with Crippen molar-refractivity contribution in [3.8, 4) is 0 Å². The first kappa shape index (κ1) is 11.3. The first-order chi connectivity index (χ1) is 7.75. The molecule has 0 atom stereocenters. The Kier molecular flexibility index (Phi) is 3.71. The summed E-state index contributed by atoms with van der Waals surface area (Å²) in [5.41, 5.74) is 0. The van der Waals surface area contributed by atoms with E-state index in [0.717, 1.165) is 29.6 Å². The van der Waals surface area contributed by atoms with Crippen molar-refractivity contribution in [2.45, 2.75) is 32.1 Å². The Morgan fingerprint density at radius 1 is 1.38 bits per heavy atom. The topological polar surface area (TPSA) is 66.3 Å². The Labute approximate surface area is 98.1 Å². The van der Waals surface area contributed by atoms with E-state index in [1.165, 1.54) is 12.8 Å². The summed E-state index contributed by atoms with van der Waals surface area (Å²) in [7, 11) is 0. The molecule has 16 heavy (non-hydrogen) atoms. The molecule has 6 heteroatoms. The number of aryl methyl sites for hydroxylation is 1. The molecular weight excluding hydrogens is 226 g/mol. The minimum Gasteiger partial charge on any atom is -0.481 e. The Bertz CT molecular complexity index is 361. The maximum atomic E-state index is 10.4. The fourth-order valence-corrected chi connectivity index (χ4v) is 2.70. The van der Waals surface area contributed by atoms with Gasteiger partial charge >= 0.3 is 5.97 Å². The van der Waals surface area contributed by atoms with Crippen LogP contribution in [0, 0.1) is 0 Å². The van der Waals surface area contributed by atoms with E-state index in [1.807, 2.05) is 0 Å². The van der Waals surface area contributed by atoms with Crippen molar-refractivity contribution in [3.63, 3.8) is 0 Å². The summed E-state index contributed by atoms with van der Waals surface area (Å²) in [6, 6.07) is 0. The van der Waals surface area contributed by atoms with Crippen molar-refractivity contribution in [3.05, 3.63) is 5.01 Å². The van der Waals surface area contributed by atoms with Gasteiger partial charge in [0.1, 0.15) is 5.01 Å². The smallest absolute Gasteiger partial charge is 0.303 e. The number of anilines is 1. The zero-order valence-electron chi connectivity index (χ0n) is 9.06. The largest absolute Gasteiger partial charge is 0.481 e. The first-order valence-electron chi connectivity index (χ1n) is 5.55. The number of carbonyl (C=O) groups is 1. The molecule has 0 bridgehead atoms. The maximum Gasteiger partial charge on any atom is 0.303 e. The molecule has 0 unspecified atom stereocenters. The third-order valence-electron chi connectivity index (χ3n) is 2.61. The van der Waals surface area contributed by atoms with Crippen LogP contribution in [-0.4, -0.2) is 34.4 Å². The lowest BCUT2D eigenvalue weighted by Crippen LogP contribution is -2.17. The van der Waals surface area contributed by atoms with Gasteiger partial charge in [-0.05, 0) is 19.3 Å². The molecule has 1 N–H and O–H groups in total. The molecular formula is C10H15N3O2S. The molecule has 0 aromatic carbocycles. The SMILES string of the molecule is O=C(O)CCCc1nnc(N2CCCC2)s1. The number of aromatic nitrogens is 2. The van der Waals surface area contributed by atoms with Crippen molar-refractivity contribution in [1.29, 1.82) is 0 Å². The second-order valence-corrected chi connectivity index (χ2v) is 4.96. The zero-order valence-corrected chi connectivity index (χ0v) is 9.87. The minimum atomic E-state index is -0.746. The van der Waals surface area contributed by atoms with Crippen LogP contribution in [0.3, 0.4) is 0 Å². The summed E-state index contributed by atoms with van der Waals surface area (Å²) in [6.07, 6.45) is 4.03. The normalized spacial score (nSPS) is 15.6. The van der Waals surface area contributed by atoms with E-state index in [0.29, 0.717) is 6.42 Å². The van der Waals surface area contributed by atoms with Crippen LogP contribution in [0.2, 0.25) is 0 Å². The van der Waals surface area contributed by atoms with E-state index in [4.69, 9.17) is 5.11 Å². The number of rotatable bonds is 5. The highest BCUT2D eigenvalue weighted by molar-refractivity contribution is 7.15. The lowest BCUT2D eigenvalue weighted by molar-refractivity contribution is -0.137. The van der Waals surface area contributed by atoms with Gasteiger partial charge in [0.2, 0.25) is 5.13 Å². The van der Waals surface area contributed by atoms with E-state index in [1.54, 1.807) is 11.3 Å². The predicted octanol–water partition coefficient (Wildman–Crippen LogP) is 1.55. The van der Waals surface area contributed by atoms with E-state index < -0.39 is 5.97 Å². The number of nitrogens with zero attached hydrogens (tertiary/aromatic N) is 3. The van der Waals surface area contributed by atoms with Crippen molar-refractivity contribution < 1.29 is 9.90 Å². The number of aliphatic carboxylic acids is 1. The van der Waals surface area contributed by atoms with E-state index in [-0.39, 0.29) is 6.42 Å². The standard InChI is InChI=1S/C10H15N3O2S/c14-9(15)5-3-4-8-11-12-10(16-8)13-6-1-2-7-13/h1-7H2,(H,14,15). The van der Waals surface area contributed by atoms with Crippen LogP contribution in [0.25, 0.3) is 0 Å². The fraction of sp³-hybridized carbons (Fsp3) is 0.700. The summed E-state index contributed by atoms with van der Waals surface area (Å²) in [6.45, 7) is 2.15. The first-order valence-corrected chi connectivity index (χ1v) is 6.36. The van der Waals surface area contributed by atoms with Crippen molar-refractivity contribution >= 4 is 22.4 Å². The molecule has 1 fully saturated rings. The molecule has 2 heterocycles. The van der Waals surface area contributed by atoms with Crippen LogP contribution in [0.15, 0.2) is 0 Å². The van der Waals surface area contributed by atoms with Crippen LogP contribution in [0.5, 0.6) is 0 Å². The van der Waals surface area contributed by atoms with Crippen LogP contribution >= 0.6 is 11.3 Å². The van der Waals surface area contributed by atoms with Gasteiger partial charge in [-0.25, -0.2) is 0 Å². The summed E-state index contributed by atoms with van der Waals surface area (Å²) in [5.74, 6) is -0.746. The Balaban J connectivity index is 1.84. The van der Waals surface area contributed by atoms with Crippen molar-refractivity contribution in [1.82, 2.24) is 10.2 Å². The van der Waals surface area contributed by atoms with E-state index in [2.05, 4.69) is 15.1 Å². The molecule has 1 aliphatic heterocycles. The lowest BCUT2D eigenvalue weighted by Gasteiger charge is -2.10. The predicted molar refractivity (Wildman–Crippen MR) is 61.9 cm³/mol. The van der Waals surface area contributed by atoms with Crippen LogP contribution in [0.4, 0.5) is 5.13 Å². The van der Waals surface area contributed by atoms with E-state index in [9.17, 15) is 4.79 Å². The van der Waals surface area contributed by atoms with Crippen LogP contribution in [-0.2, 0) is 11.2 Å². The number of carboxylic acid groups (broad SMARTS) is 1. The Hall–Kier alpha value is -1.17. The molecule has 0 spiro atoms. The molecule has 1 aromatic rings. The molecule has 2 rings (SSSR count). The highest BCUT2D eigenvalue weighted by atomic mass is 32.1. The minimum absolute atomic E-state index is 0.207. The molecule has 5 nitrogen and oxygen atoms in total. The van der Waals surface area contributed by atoms with Gasteiger partial charge in [-0.15, -0.1) is 10.2 Å². The molecule has 88 valence electrons. The number of carboxylic acids is 1. The number of hydrogen-bond acceptors (Lipinski definition) is 5. The molecule has 1 aromatic heterocycles. The van der Waals surface area contributed by atoms with Gasteiger partial charge in [-0.2, -0.15) is 0 Å². The third-order valence-corrected chi connectivity index (χ3v) is 3.66.